The molecule has 0 bridgehead atoms. The number of hydrogen-bond acceptors (Lipinski definition) is 3. The summed E-state index contributed by atoms with van der Waals surface area (Å²) in [5.41, 5.74) is 3.40. The fraction of sp³-hybridized carbons (Fsp3) is 0.250. The topological polar surface area (TPSA) is 52.0 Å². The van der Waals surface area contributed by atoms with Crippen molar-refractivity contribution in [2.75, 3.05) is 0 Å². The first-order valence-corrected chi connectivity index (χ1v) is 9.91. The van der Waals surface area contributed by atoms with E-state index in [1.165, 1.54) is 10.7 Å². The van der Waals surface area contributed by atoms with Crippen LogP contribution in [0, 0.1) is 0 Å². The van der Waals surface area contributed by atoms with Crippen molar-refractivity contribution in [3.63, 3.8) is 0 Å². The summed E-state index contributed by atoms with van der Waals surface area (Å²) in [5.74, 6) is 0.321. The van der Waals surface area contributed by atoms with E-state index in [4.69, 9.17) is 0 Å². The average Bonchev–Trinajstić information content (AvgIpc) is 3.07. The molecule has 0 radical (unpaired) electrons. The molecule has 27 heavy (non-hydrogen) atoms. The lowest BCUT2D eigenvalue weighted by molar-refractivity contribution is 0.145. The van der Waals surface area contributed by atoms with Gasteiger partial charge in [-0.25, -0.2) is 21.9 Å². The molecular weight excluding hydrogens is 370 g/mol. The molecule has 0 saturated carbocycles. The van der Waals surface area contributed by atoms with Crippen LogP contribution >= 0.6 is 0 Å². The van der Waals surface area contributed by atoms with Crippen LogP contribution in [-0.4, -0.2) is 18.2 Å². The third-order valence-corrected chi connectivity index (χ3v) is 4.94. The second-order valence-corrected chi connectivity index (χ2v) is 7.58. The van der Waals surface area contributed by atoms with E-state index >= 15 is 0 Å². The van der Waals surface area contributed by atoms with Crippen molar-refractivity contribution in [1.29, 1.82) is 0 Å². The van der Waals surface area contributed by atoms with Gasteiger partial charge < -0.3 is 0 Å². The van der Waals surface area contributed by atoms with E-state index < -0.39 is 17.1 Å². The molecule has 0 unspecified atom stereocenters. The van der Waals surface area contributed by atoms with Crippen LogP contribution in [0.2, 0.25) is 0 Å². The van der Waals surface area contributed by atoms with Crippen molar-refractivity contribution >= 4 is 10.7 Å². The van der Waals surface area contributed by atoms with Crippen molar-refractivity contribution in [2.24, 2.45) is 0 Å². The molecule has 0 fully saturated rings. The van der Waals surface area contributed by atoms with Crippen LogP contribution in [-0.2, 0) is 16.5 Å². The van der Waals surface area contributed by atoms with Gasteiger partial charge in [-0.05, 0) is 35.2 Å². The standard InChI is InChI=1S/C20H20F2N2O2S/c1-13(2)15-7-9-17(10-8-15)24-19(11-18(23-24)20(21)22)16-5-3-14(4-6-16)12-27(25)26/h3-11,13,20,27H,12H2,1-2H3. The molecular formula is C20H20F2N2O2S. The number of hydrogen-bond donors (Lipinski definition) is 1. The molecule has 0 N–H and O–H groups in total. The highest BCUT2D eigenvalue weighted by atomic mass is 32.2. The monoisotopic (exact) mass is 390 g/mol. The van der Waals surface area contributed by atoms with Crippen molar-refractivity contribution in [1.82, 2.24) is 9.78 Å². The van der Waals surface area contributed by atoms with E-state index in [0.717, 1.165) is 5.56 Å². The summed E-state index contributed by atoms with van der Waals surface area (Å²) in [6.07, 6.45) is -2.68. The Balaban J connectivity index is 2.04. The molecule has 142 valence electrons. The zero-order chi connectivity index (χ0) is 19.6. The zero-order valence-corrected chi connectivity index (χ0v) is 15.9. The number of rotatable bonds is 6. The van der Waals surface area contributed by atoms with E-state index in [1.54, 1.807) is 24.3 Å². The van der Waals surface area contributed by atoms with Gasteiger partial charge in [0.25, 0.3) is 6.43 Å². The smallest absolute Gasteiger partial charge is 0.233 e. The molecule has 1 heterocycles. The molecule has 3 aromatic rings. The van der Waals surface area contributed by atoms with Gasteiger partial charge in [0, 0.05) is 5.56 Å². The van der Waals surface area contributed by atoms with Gasteiger partial charge in [0.15, 0.2) is 0 Å². The SMILES string of the molecule is CC(C)c1ccc(-n2nc(C(F)F)cc2-c2ccc(C[SH](=O)=O)cc2)cc1. The molecule has 2 aromatic carbocycles. The highest BCUT2D eigenvalue weighted by Crippen LogP contribution is 2.29. The Morgan fingerprint density at radius 1 is 1.00 bits per heavy atom. The number of benzene rings is 2. The molecule has 0 aliphatic heterocycles. The van der Waals surface area contributed by atoms with Gasteiger partial charge in [-0.3, -0.25) is 0 Å². The first-order chi connectivity index (χ1) is 12.8. The second-order valence-electron chi connectivity index (χ2n) is 6.60. The Bertz CT molecular complexity index is 984. The van der Waals surface area contributed by atoms with Gasteiger partial charge in [0.2, 0.25) is 0 Å². The molecule has 7 heteroatoms. The first kappa shape index (κ1) is 19.2. The van der Waals surface area contributed by atoms with E-state index in [2.05, 4.69) is 18.9 Å². The van der Waals surface area contributed by atoms with Crippen LogP contribution in [0.15, 0.2) is 54.6 Å². The normalized spacial score (nSPS) is 11.7. The minimum Gasteiger partial charge on any atom is -0.233 e. The van der Waals surface area contributed by atoms with Crippen LogP contribution in [0.3, 0.4) is 0 Å². The van der Waals surface area contributed by atoms with Gasteiger partial charge in [0.1, 0.15) is 16.4 Å². The van der Waals surface area contributed by atoms with Gasteiger partial charge >= 0.3 is 0 Å². The molecule has 0 aliphatic rings. The summed E-state index contributed by atoms with van der Waals surface area (Å²) >= 11 is 0. The molecule has 0 aliphatic carbocycles. The maximum absolute atomic E-state index is 13.2. The first-order valence-electron chi connectivity index (χ1n) is 8.54. The molecule has 0 saturated heterocycles. The number of alkyl halides is 2. The lowest BCUT2D eigenvalue weighted by Gasteiger charge is -2.10. The molecule has 3 rings (SSSR count). The summed E-state index contributed by atoms with van der Waals surface area (Å²) in [5, 5.41) is 4.07. The van der Waals surface area contributed by atoms with E-state index in [-0.39, 0.29) is 11.4 Å². The molecule has 0 spiro atoms. The van der Waals surface area contributed by atoms with Gasteiger partial charge in [-0.2, -0.15) is 5.10 Å². The molecule has 0 atom stereocenters. The molecule has 4 nitrogen and oxygen atoms in total. The summed E-state index contributed by atoms with van der Waals surface area (Å²) in [4.78, 5) is 0. The van der Waals surface area contributed by atoms with Gasteiger partial charge in [-0.15, -0.1) is 0 Å². The predicted molar refractivity (Wildman–Crippen MR) is 102 cm³/mol. The van der Waals surface area contributed by atoms with Crippen LogP contribution in [0.25, 0.3) is 16.9 Å². The van der Waals surface area contributed by atoms with E-state index in [9.17, 15) is 17.2 Å². The highest BCUT2D eigenvalue weighted by molar-refractivity contribution is 7.71. The predicted octanol–water partition coefficient (Wildman–Crippen LogP) is 4.71. The maximum Gasteiger partial charge on any atom is 0.282 e. The second kappa shape index (κ2) is 8.00. The van der Waals surface area contributed by atoms with Crippen molar-refractivity contribution in [3.05, 3.63) is 71.4 Å². The number of nitrogens with zero attached hydrogens (tertiary/aromatic N) is 2. The van der Waals surface area contributed by atoms with Crippen molar-refractivity contribution in [2.45, 2.75) is 31.9 Å². The molecule has 1 aromatic heterocycles. The van der Waals surface area contributed by atoms with E-state index in [0.29, 0.717) is 28.4 Å². The highest BCUT2D eigenvalue weighted by Gasteiger charge is 2.18. The summed E-state index contributed by atoms with van der Waals surface area (Å²) in [7, 11) is -2.51. The third kappa shape index (κ3) is 4.42. The summed E-state index contributed by atoms with van der Waals surface area (Å²) in [6, 6.07) is 15.8. The summed E-state index contributed by atoms with van der Waals surface area (Å²) < 4.78 is 49.7. The molecule has 0 amide bonds. The van der Waals surface area contributed by atoms with Crippen LogP contribution < -0.4 is 0 Å². The Morgan fingerprint density at radius 3 is 2.15 bits per heavy atom. The Labute approximate surface area is 158 Å². The van der Waals surface area contributed by atoms with Gasteiger partial charge in [-0.1, -0.05) is 50.2 Å². The summed E-state index contributed by atoms with van der Waals surface area (Å²) in [6.45, 7) is 4.17. The minimum atomic E-state index is -2.68. The largest absolute Gasteiger partial charge is 0.282 e. The lowest BCUT2D eigenvalue weighted by Crippen LogP contribution is -2.01. The number of halogens is 2. The Morgan fingerprint density at radius 2 is 1.63 bits per heavy atom. The Kier molecular flexibility index (Phi) is 5.70. The lowest BCUT2D eigenvalue weighted by atomic mass is 10.0. The van der Waals surface area contributed by atoms with Crippen molar-refractivity contribution < 1.29 is 17.2 Å². The van der Waals surface area contributed by atoms with Gasteiger partial charge in [0.05, 0.1) is 17.1 Å². The van der Waals surface area contributed by atoms with Crippen molar-refractivity contribution in [3.8, 4) is 16.9 Å². The minimum absolute atomic E-state index is 0.0478. The number of thiol groups is 1. The van der Waals surface area contributed by atoms with Crippen LogP contribution in [0.4, 0.5) is 8.78 Å². The fourth-order valence-corrected chi connectivity index (χ4v) is 3.35. The maximum atomic E-state index is 13.2. The zero-order valence-electron chi connectivity index (χ0n) is 15.0. The average molecular weight is 390 g/mol. The third-order valence-electron chi connectivity index (χ3n) is 4.32. The fourth-order valence-electron chi connectivity index (χ4n) is 2.84. The van der Waals surface area contributed by atoms with Crippen LogP contribution in [0.5, 0.6) is 0 Å². The van der Waals surface area contributed by atoms with E-state index in [1.807, 2.05) is 24.3 Å². The van der Waals surface area contributed by atoms with Crippen LogP contribution in [0.1, 0.15) is 43.0 Å². The quantitative estimate of drug-likeness (QED) is 0.620. The number of aromatic nitrogens is 2. The Hall–Kier alpha value is -2.54.